The van der Waals surface area contributed by atoms with E-state index >= 15 is 0 Å². The van der Waals surface area contributed by atoms with E-state index in [0.717, 1.165) is 75.0 Å². The Kier molecular flexibility index (Phi) is 11.5. The maximum atomic E-state index is 5.24. The molecule has 0 spiro atoms. The molecular weight excluding hydrogens is 913 g/mol. The first-order valence-electron chi connectivity index (χ1n) is 22.0. The zero-order valence-electron chi connectivity index (χ0n) is 35.6. The van der Waals surface area contributed by atoms with E-state index in [0.29, 0.717) is 11.8 Å². The second-order valence-corrected chi connectivity index (χ2v) is 25.1. The van der Waals surface area contributed by atoms with Gasteiger partial charge in [-0.05, 0) is 72.6 Å². The summed E-state index contributed by atoms with van der Waals surface area (Å²) < 4.78 is 21.9. The first-order chi connectivity index (χ1) is 31.0. The van der Waals surface area contributed by atoms with Crippen LogP contribution in [0.1, 0.15) is 79.1 Å². The van der Waals surface area contributed by atoms with E-state index in [9.17, 15) is 0 Å². The standard InChI is InChI=1S/C48H46N8S7/c1-5-9-15-27(7-3)25-63(26-28(8-4)16-10-6-2)37-21-35(41-43-39(53-61-55-43)29(23-49-41)47-51-31-17-11-13-19-33(31)59-47)57-45(37)46-38(63)22-36(58-46)42-44-40(54-62-56-44)30(24-50-42)48-52-32-18-12-14-20-34(32)60-48/h11-14,17-24,27-28H,5-10,15-16,25-26H2,1-4H3. The van der Waals surface area contributed by atoms with Crippen molar-refractivity contribution in [3.05, 3.63) is 73.1 Å². The average Bonchev–Trinajstić information content (AvgIpc) is 4.17. The van der Waals surface area contributed by atoms with Gasteiger partial charge in [0.2, 0.25) is 0 Å². The molecule has 15 heteroatoms. The molecular formula is C48H46N8S7. The number of para-hydroxylation sites is 2. The summed E-state index contributed by atoms with van der Waals surface area (Å²) in [6, 6.07) is 21.7. The van der Waals surface area contributed by atoms with Crippen molar-refractivity contribution in [2.45, 2.75) is 88.9 Å². The highest BCUT2D eigenvalue weighted by Crippen LogP contribution is 2.77. The first kappa shape index (κ1) is 41.6. The Bertz CT molecular complexity index is 2980. The molecule has 0 fully saturated rings. The lowest BCUT2D eigenvalue weighted by molar-refractivity contribution is 0.484. The number of benzene rings is 2. The second-order valence-electron chi connectivity index (χ2n) is 16.6. The molecule has 320 valence electrons. The summed E-state index contributed by atoms with van der Waals surface area (Å²) in [7, 11) is -1.47. The minimum absolute atomic E-state index is 0.649. The summed E-state index contributed by atoms with van der Waals surface area (Å²) in [5, 5.41) is 1.87. The molecule has 8 nitrogen and oxygen atoms in total. The summed E-state index contributed by atoms with van der Waals surface area (Å²) in [6.45, 7) is 9.51. The van der Waals surface area contributed by atoms with Gasteiger partial charge in [0, 0.05) is 22.2 Å². The summed E-state index contributed by atoms with van der Waals surface area (Å²) in [5.74, 6) is 3.73. The van der Waals surface area contributed by atoms with Crippen molar-refractivity contribution in [3.8, 4) is 52.0 Å². The van der Waals surface area contributed by atoms with E-state index in [1.54, 1.807) is 32.5 Å². The van der Waals surface area contributed by atoms with Crippen molar-refractivity contribution < 1.29 is 0 Å². The molecule has 0 N–H and O–H groups in total. The van der Waals surface area contributed by atoms with Crippen LogP contribution in [0.3, 0.4) is 0 Å². The van der Waals surface area contributed by atoms with Gasteiger partial charge >= 0.3 is 0 Å². The predicted octanol–water partition coefficient (Wildman–Crippen LogP) is 16.1. The molecule has 63 heavy (non-hydrogen) atoms. The van der Waals surface area contributed by atoms with Crippen LogP contribution < -0.4 is 0 Å². The van der Waals surface area contributed by atoms with E-state index in [-0.39, 0.29) is 0 Å². The smallest absolute Gasteiger partial charge is 0.132 e. The van der Waals surface area contributed by atoms with Gasteiger partial charge in [-0.2, -0.15) is 27.5 Å². The Hall–Kier alpha value is -4.09. The van der Waals surface area contributed by atoms with E-state index < -0.39 is 10.0 Å². The predicted molar refractivity (Wildman–Crippen MR) is 274 cm³/mol. The lowest BCUT2D eigenvalue weighted by atomic mass is 10.0. The van der Waals surface area contributed by atoms with Crippen molar-refractivity contribution in [1.29, 1.82) is 0 Å². The number of rotatable bonds is 16. The van der Waals surface area contributed by atoms with Gasteiger partial charge in [-0.25, -0.2) is 9.97 Å². The zero-order chi connectivity index (χ0) is 42.7. The highest BCUT2D eigenvalue weighted by molar-refractivity contribution is 8.34. The lowest BCUT2D eigenvalue weighted by Gasteiger charge is -2.42. The Morgan fingerprint density at radius 1 is 0.540 bits per heavy atom. The average molecular weight is 959 g/mol. The molecule has 1 aliphatic rings. The Balaban J connectivity index is 1.08. The first-order valence-corrected chi connectivity index (χ1v) is 28.7. The number of thiophene rings is 2. The minimum atomic E-state index is -1.47. The molecule has 0 bridgehead atoms. The Morgan fingerprint density at radius 3 is 1.41 bits per heavy atom. The molecule has 2 aromatic carbocycles. The number of hydrogen-bond donors (Lipinski definition) is 0. The van der Waals surface area contributed by atoms with Crippen LogP contribution in [-0.4, -0.2) is 48.9 Å². The van der Waals surface area contributed by atoms with E-state index in [2.05, 4.69) is 76.2 Å². The van der Waals surface area contributed by atoms with Crippen LogP contribution in [0, 0.1) is 11.8 Å². The van der Waals surface area contributed by atoms with Gasteiger partial charge in [-0.3, -0.25) is 9.97 Å². The van der Waals surface area contributed by atoms with Crippen molar-refractivity contribution in [2.24, 2.45) is 11.8 Å². The van der Waals surface area contributed by atoms with Crippen LogP contribution in [0.15, 0.2) is 82.8 Å². The van der Waals surface area contributed by atoms with Crippen molar-refractivity contribution in [1.82, 2.24) is 37.4 Å². The Labute approximate surface area is 392 Å². The van der Waals surface area contributed by atoms with Crippen LogP contribution >= 0.6 is 78.8 Å². The van der Waals surface area contributed by atoms with Gasteiger partial charge in [-0.1, -0.05) is 90.5 Å². The van der Waals surface area contributed by atoms with E-state index in [4.69, 9.17) is 37.4 Å². The molecule has 8 aromatic heterocycles. The van der Waals surface area contributed by atoms with Gasteiger partial charge in [0.15, 0.2) is 0 Å². The molecule has 0 amide bonds. The third-order valence-corrected chi connectivity index (χ3v) is 23.0. The largest absolute Gasteiger partial charge is 0.252 e. The van der Waals surface area contributed by atoms with Crippen LogP contribution in [0.4, 0.5) is 0 Å². The van der Waals surface area contributed by atoms with E-state index in [1.165, 1.54) is 106 Å². The van der Waals surface area contributed by atoms with Gasteiger partial charge < -0.3 is 0 Å². The molecule has 9 heterocycles. The maximum absolute atomic E-state index is 5.24. The molecule has 0 radical (unpaired) electrons. The van der Waals surface area contributed by atoms with Crippen molar-refractivity contribution in [2.75, 3.05) is 11.5 Å². The molecule has 0 saturated heterocycles. The van der Waals surface area contributed by atoms with Gasteiger partial charge in [0.05, 0.1) is 74.5 Å². The minimum Gasteiger partial charge on any atom is -0.252 e. The van der Waals surface area contributed by atoms with Crippen molar-refractivity contribution >= 4 is 121 Å². The van der Waals surface area contributed by atoms with Crippen molar-refractivity contribution in [3.63, 3.8) is 0 Å². The van der Waals surface area contributed by atoms with Gasteiger partial charge in [0.25, 0.3) is 0 Å². The third-order valence-electron chi connectivity index (χ3n) is 12.7. The molecule has 11 rings (SSSR count). The summed E-state index contributed by atoms with van der Waals surface area (Å²) in [6.07, 6.45) is 13.9. The fraction of sp³-hybridized carbons (Fsp3) is 0.333. The highest BCUT2D eigenvalue weighted by Gasteiger charge is 2.45. The normalized spacial score (nSPS) is 14.9. The number of fused-ring (bicyclic) bond motifs is 7. The topological polar surface area (TPSA) is 103 Å². The number of aromatic nitrogens is 8. The molecule has 1 aliphatic heterocycles. The zero-order valence-corrected chi connectivity index (χ0v) is 41.3. The lowest BCUT2D eigenvalue weighted by Crippen LogP contribution is -2.20. The van der Waals surface area contributed by atoms with Crippen LogP contribution in [0.2, 0.25) is 0 Å². The van der Waals surface area contributed by atoms with Crippen LogP contribution in [-0.2, 0) is 0 Å². The highest BCUT2D eigenvalue weighted by atomic mass is 32.3. The number of thiazole rings is 2. The number of unbranched alkanes of at least 4 members (excludes halogenated alkanes) is 2. The summed E-state index contributed by atoms with van der Waals surface area (Å²) in [5.41, 5.74) is 9.24. The van der Waals surface area contributed by atoms with Gasteiger partial charge in [-0.15, -0.1) is 45.3 Å². The maximum Gasteiger partial charge on any atom is 0.132 e. The van der Waals surface area contributed by atoms with E-state index in [1.807, 2.05) is 47.2 Å². The fourth-order valence-electron chi connectivity index (χ4n) is 9.22. The SMILES string of the molecule is CCCCC(CC)CS1(CC(CC)CCCC)c2cc(-c3ncc(-c4nc5ccccc5s4)c4nsnc34)sc2-c2sc(-c3ncc(-c4nc5ccccc5s4)c4nsnc34)cc21. The molecule has 0 aliphatic carbocycles. The van der Waals surface area contributed by atoms with Crippen LogP contribution in [0.25, 0.3) is 94.5 Å². The molecule has 10 aromatic rings. The molecule has 2 atom stereocenters. The molecule has 0 saturated carbocycles. The summed E-state index contributed by atoms with van der Waals surface area (Å²) in [4.78, 5) is 28.8. The quantitative estimate of drug-likeness (QED) is 0.0943. The number of hydrogen-bond acceptors (Lipinski definition) is 14. The fourth-order valence-corrected chi connectivity index (χ4v) is 21.1. The second kappa shape index (κ2) is 17.4. The third kappa shape index (κ3) is 7.26. The van der Waals surface area contributed by atoms with Crippen LogP contribution in [0.5, 0.6) is 0 Å². The Morgan fingerprint density at radius 2 is 0.984 bits per heavy atom. The number of nitrogens with zero attached hydrogens (tertiary/aromatic N) is 8. The number of pyridine rings is 2. The molecule has 2 unspecified atom stereocenters. The monoisotopic (exact) mass is 958 g/mol. The summed E-state index contributed by atoms with van der Waals surface area (Å²) >= 11 is 9.71. The van der Waals surface area contributed by atoms with Gasteiger partial charge in [0.1, 0.15) is 43.5 Å².